The predicted molar refractivity (Wildman–Crippen MR) is 116 cm³/mol. The minimum absolute atomic E-state index is 0.598. The van der Waals surface area contributed by atoms with Crippen LogP contribution >= 0.6 is 11.3 Å². The number of thiazole rings is 1. The number of benzene rings is 2. The van der Waals surface area contributed by atoms with E-state index in [2.05, 4.69) is 15.6 Å². The Morgan fingerprint density at radius 1 is 1.03 bits per heavy atom. The molecule has 29 heavy (non-hydrogen) atoms. The fourth-order valence-electron chi connectivity index (χ4n) is 2.92. The Hall–Kier alpha value is -3.26. The quantitative estimate of drug-likeness (QED) is 0.628. The van der Waals surface area contributed by atoms with E-state index in [-0.39, 0.29) is 0 Å². The van der Waals surface area contributed by atoms with Gasteiger partial charge in [-0.1, -0.05) is 12.1 Å². The highest BCUT2D eigenvalue weighted by molar-refractivity contribution is 7.14. The van der Waals surface area contributed by atoms with Gasteiger partial charge in [-0.2, -0.15) is 0 Å². The van der Waals surface area contributed by atoms with E-state index in [0.717, 1.165) is 41.9 Å². The van der Waals surface area contributed by atoms with Crippen molar-refractivity contribution in [3.63, 3.8) is 0 Å². The van der Waals surface area contributed by atoms with Crippen LogP contribution < -0.4 is 24.8 Å². The maximum Gasteiger partial charge on any atom is 0.197 e. The van der Waals surface area contributed by atoms with Crippen LogP contribution in [0.5, 0.6) is 23.0 Å². The maximum atomic E-state index is 6.17. The molecule has 1 aliphatic rings. The lowest BCUT2D eigenvalue weighted by atomic mass is 10.1. The minimum atomic E-state index is 0.598. The molecule has 3 aromatic rings. The molecule has 0 aliphatic carbocycles. The SMILES string of the molecule is COc1ccc(Oc2ccccc2-c2csc(NC3=NCCCN3)n2)c(OC)c1. The summed E-state index contributed by atoms with van der Waals surface area (Å²) in [7, 11) is 3.22. The van der Waals surface area contributed by atoms with E-state index in [0.29, 0.717) is 23.0 Å². The van der Waals surface area contributed by atoms with Gasteiger partial charge in [-0.05, 0) is 30.7 Å². The van der Waals surface area contributed by atoms with Crippen molar-refractivity contribution in [2.75, 3.05) is 32.6 Å². The summed E-state index contributed by atoms with van der Waals surface area (Å²) in [5.74, 6) is 3.37. The Morgan fingerprint density at radius 3 is 2.72 bits per heavy atom. The number of guanidine groups is 1. The topological polar surface area (TPSA) is 77.0 Å². The first-order valence-corrected chi connectivity index (χ1v) is 10.1. The van der Waals surface area contributed by atoms with Crippen molar-refractivity contribution in [2.24, 2.45) is 4.99 Å². The number of rotatable bonds is 6. The lowest BCUT2D eigenvalue weighted by Crippen LogP contribution is -2.35. The van der Waals surface area contributed by atoms with Crippen LogP contribution in [0.4, 0.5) is 5.13 Å². The smallest absolute Gasteiger partial charge is 0.197 e. The summed E-state index contributed by atoms with van der Waals surface area (Å²) in [6, 6.07) is 13.3. The number of anilines is 1. The monoisotopic (exact) mass is 410 g/mol. The van der Waals surface area contributed by atoms with E-state index >= 15 is 0 Å². The molecule has 0 fully saturated rings. The summed E-state index contributed by atoms with van der Waals surface area (Å²) < 4.78 is 16.9. The second kappa shape index (κ2) is 8.83. The molecule has 2 N–H and O–H groups in total. The first-order chi connectivity index (χ1) is 14.3. The zero-order valence-corrected chi connectivity index (χ0v) is 17.1. The number of aliphatic imine (C=N–C) groups is 1. The third-order valence-electron chi connectivity index (χ3n) is 4.38. The highest BCUT2D eigenvalue weighted by Crippen LogP contribution is 2.39. The van der Waals surface area contributed by atoms with Crippen LogP contribution in [0.15, 0.2) is 52.8 Å². The zero-order valence-electron chi connectivity index (χ0n) is 16.3. The van der Waals surface area contributed by atoms with Crippen molar-refractivity contribution < 1.29 is 14.2 Å². The summed E-state index contributed by atoms with van der Waals surface area (Å²) in [5, 5.41) is 9.26. The van der Waals surface area contributed by atoms with Gasteiger partial charge < -0.3 is 24.8 Å². The van der Waals surface area contributed by atoms with Gasteiger partial charge in [0, 0.05) is 30.1 Å². The third kappa shape index (κ3) is 4.43. The van der Waals surface area contributed by atoms with Gasteiger partial charge in [0.2, 0.25) is 0 Å². The summed E-state index contributed by atoms with van der Waals surface area (Å²) >= 11 is 1.53. The van der Waals surface area contributed by atoms with Gasteiger partial charge in [-0.15, -0.1) is 11.3 Å². The molecule has 0 amide bonds. The molecular formula is C21H22N4O3S. The molecule has 7 nitrogen and oxygen atoms in total. The first kappa shape index (κ1) is 19.1. The van der Waals surface area contributed by atoms with Gasteiger partial charge >= 0.3 is 0 Å². The van der Waals surface area contributed by atoms with E-state index in [1.807, 2.05) is 41.8 Å². The van der Waals surface area contributed by atoms with E-state index in [4.69, 9.17) is 19.2 Å². The predicted octanol–water partition coefficient (Wildman–Crippen LogP) is 4.38. The van der Waals surface area contributed by atoms with Crippen LogP contribution in [0.2, 0.25) is 0 Å². The first-order valence-electron chi connectivity index (χ1n) is 9.27. The summed E-state index contributed by atoms with van der Waals surface area (Å²) in [5.41, 5.74) is 1.73. The second-order valence-corrected chi connectivity index (χ2v) is 7.15. The third-order valence-corrected chi connectivity index (χ3v) is 5.14. The minimum Gasteiger partial charge on any atom is -0.497 e. The molecule has 0 atom stereocenters. The number of para-hydroxylation sites is 1. The van der Waals surface area contributed by atoms with E-state index in [1.165, 1.54) is 11.3 Å². The molecule has 0 saturated carbocycles. The van der Waals surface area contributed by atoms with Gasteiger partial charge in [0.1, 0.15) is 11.5 Å². The van der Waals surface area contributed by atoms with Crippen LogP contribution in [0.25, 0.3) is 11.3 Å². The summed E-state index contributed by atoms with van der Waals surface area (Å²) in [6.45, 7) is 1.75. The molecule has 0 saturated heterocycles. The molecule has 0 spiro atoms. The number of nitrogens with one attached hydrogen (secondary N) is 2. The number of methoxy groups -OCH3 is 2. The molecule has 2 aromatic carbocycles. The van der Waals surface area contributed by atoms with E-state index in [1.54, 1.807) is 20.3 Å². The second-order valence-electron chi connectivity index (χ2n) is 6.29. The summed E-state index contributed by atoms with van der Waals surface area (Å²) in [6.07, 6.45) is 1.05. The maximum absolute atomic E-state index is 6.17. The number of aromatic nitrogens is 1. The average molecular weight is 410 g/mol. The van der Waals surface area contributed by atoms with Crippen molar-refractivity contribution in [3.8, 4) is 34.3 Å². The van der Waals surface area contributed by atoms with Crippen molar-refractivity contribution in [1.29, 1.82) is 0 Å². The highest BCUT2D eigenvalue weighted by Gasteiger charge is 2.14. The highest BCUT2D eigenvalue weighted by atomic mass is 32.1. The van der Waals surface area contributed by atoms with Crippen LogP contribution in [0.3, 0.4) is 0 Å². The number of ether oxygens (including phenoxy) is 3. The molecule has 2 heterocycles. The van der Waals surface area contributed by atoms with Gasteiger partial charge in [0.15, 0.2) is 22.6 Å². The lowest BCUT2D eigenvalue weighted by Gasteiger charge is -2.14. The average Bonchev–Trinajstić information content (AvgIpc) is 3.23. The Balaban J connectivity index is 1.58. The van der Waals surface area contributed by atoms with Gasteiger partial charge in [-0.25, -0.2) is 4.98 Å². The van der Waals surface area contributed by atoms with E-state index < -0.39 is 0 Å². The van der Waals surface area contributed by atoms with E-state index in [9.17, 15) is 0 Å². The van der Waals surface area contributed by atoms with Gasteiger partial charge in [0.05, 0.1) is 19.9 Å². The fourth-order valence-corrected chi connectivity index (χ4v) is 3.63. The molecule has 8 heteroatoms. The van der Waals surface area contributed by atoms with Crippen LogP contribution in [0.1, 0.15) is 6.42 Å². The van der Waals surface area contributed by atoms with Crippen molar-refractivity contribution in [2.45, 2.75) is 6.42 Å². The van der Waals surface area contributed by atoms with Crippen molar-refractivity contribution in [3.05, 3.63) is 47.8 Å². The van der Waals surface area contributed by atoms with Crippen LogP contribution in [-0.2, 0) is 0 Å². The molecule has 4 rings (SSSR count). The molecule has 0 bridgehead atoms. The Labute approximate surface area is 173 Å². The molecule has 0 radical (unpaired) electrons. The van der Waals surface area contributed by atoms with Gasteiger partial charge in [-0.3, -0.25) is 4.99 Å². The Kier molecular flexibility index (Phi) is 5.81. The molecular weight excluding hydrogens is 388 g/mol. The number of hydrogen-bond acceptors (Lipinski definition) is 8. The molecule has 150 valence electrons. The van der Waals surface area contributed by atoms with Crippen LogP contribution in [-0.4, -0.2) is 38.3 Å². The fraction of sp³-hybridized carbons (Fsp3) is 0.238. The Bertz CT molecular complexity index is 1020. The normalized spacial score (nSPS) is 13.2. The molecule has 0 unspecified atom stereocenters. The van der Waals surface area contributed by atoms with Crippen molar-refractivity contribution in [1.82, 2.24) is 10.3 Å². The Morgan fingerprint density at radius 2 is 1.93 bits per heavy atom. The standard InChI is InChI=1S/C21H22N4O3S/c1-26-14-8-9-18(19(12-14)27-2)28-17-7-4-3-6-15(17)16-13-29-21(24-16)25-20-22-10-5-11-23-20/h3-4,6-9,12-13H,5,10-11H2,1-2H3,(H2,22,23,24,25). The largest absolute Gasteiger partial charge is 0.497 e. The molecule has 1 aromatic heterocycles. The molecule has 1 aliphatic heterocycles. The van der Waals surface area contributed by atoms with Gasteiger partial charge in [0.25, 0.3) is 0 Å². The lowest BCUT2D eigenvalue weighted by molar-refractivity contribution is 0.369. The van der Waals surface area contributed by atoms with Crippen molar-refractivity contribution >= 4 is 22.4 Å². The number of hydrogen-bond donors (Lipinski definition) is 2. The summed E-state index contributed by atoms with van der Waals surface area (Å²) in [4.78, 5) is 9.13. The number of nitrogens with zero attached hydrogens (tertiary/aromatic N) is 2. The van der Waals surface area contributed by atoms with Crippen LogP contribution in [0, 0.1) is 0 Å². The zero-order chi connectivity index (χ0) is 20.1.